The second kappa shape index (κ2) is 8.15. The van der Waals surface area contributed by atoms with Gasteiger partial charge in [0.2, 0.25) is 5.95 Å². The lowest BCUT2D eigenvalue weighted by atomic mass is 10.0. The van der Waals surface area contributed by atoms with Crippen molar-refractivity contribution in [3.05, 3.63) is 42.0 Å². The Labute approximate surface area is 191 Å². The first-order valence-corrected chi connectivity index (χ1v) is 10.7. The van der Waals surface area contributed by atoms with Crippen molar-refractivity contribution in [2.45, 2.75) is 37.6 Å². The number of carbonyl (C=O) groups excluding carboxylic acids is 2. The maximum atomic E-state index is 13.3. The minimum atomic E-state index is -4.55. The molecule has 2 fully saturated rings. The summed E-state index contributed by atoms with van der Waals surface area (Å²) in [6.45, 7) is 1.36. The van der Waals surface area contributed by atoms with Crippen LogP contribution < -0.4 is 10.6 Å². The van der Waals surface area contributed by atoms with Gasteiger partial charge in [-0.25, -0.2) is 9.78 Å². The van der Waals surface area contributed by atoms with E-state index in [-0.39, 0.29) is 17.7 Å². The number of hydrogen-bond donors (Lipinski definition) is 4. The Morgan fingerprint density at radius 2 is 2.12 bits per heavy atom. The molecule has 13 heteroatoms. The minimum absolute atomic E-state index is 0.0602. The van der Waals surface area contributed by atoms with Crippen LogP contribution >= 0.6 is 0 Å². The molecule has 2 aromatic heterocycles. The number of urea groups is 1. The van der Waals surface area contributed by atoms with Gasteiger partial charge < -0.3 is 20.6 Å². The lowest BCUT2D eigenvalue weighted by Crippen LogP contribution is -2.62. The molecule has 0 spiro atoms. The molecule has 178 valence electrons. The molecule has 2 saturated heterocycles. The van der Waals surface area contributed by atoms with Crippen LogP contribution in [0.3, 0.4) is 0 Å². The van der Waals surface area contributed by atoms with Gasteiger partial charge in [-0.15, -0.1) is 0 Å². The third-order valence-corrected chi connectivity index (χ3v) is 6.03. The number of anilines is 1. The van der Waals surface area contributed by atoms with Crippen LogP contribution in [0.4, 0.5) is 23.9 Å². The van der Waals surface area contributed by atoms with E-state index < -0.39 is 42.7 Å². The van der Waals surface area contributed by atoms with Gasteiger partial charge >= 0.3 is 12.2 Å². The fraction of sp³-hybridized carbons (Fsp3) is 0.381. The van der Waals surface area contributed by atoms with Crippen LogP contribution in [-0.4, -0.2) is 73.8 Å². The van der Waals surface area contributed by atoms with Gasteiger partial charge in [0.1, 0.15) is 11.8 Å². The van der Waals surface area contributed by atoms with Crippen molar-refractivity contribution in [2.24, 2.45) is 0 Å². The number of rotatable bonds is 5. The van der Waals surface area contributed by atoms with Gasteiger partial charge in [-0.1, -0.05) is 0 Å². The SMILES string of the molecule is N=C(CC(=O)C1=CC=C2C(N1)N(C(=O)Nc1ncc3cc[nH]c3n1)[C@H]1CCN2C1)CC(F)(F)F. The Morgan fingerprint density at radius 3 is 2.91 bits per heavy atom. The quantitative estimate of drug-likeness (QED) is 0.493. The van der Waals surface area contributed by atoms with E-state index in [4.69, 9.17) is 5.41 Å². The van der Waals surface area contributed by atoms with Gasteiger partial charge in [0.15, 0.2) is 5.78 Å². The molecule has 0 aromatic carbocycles. The first-order valence-electron chi connectivity index (χ1n) is 10.7. The Kier molecular flexibility index (Phi) is 5.25. The minimum Gasteiger partial charge on any atom is -0.369 e. The number of amides is 2. The van der Waals surface area contributed by atoms with E-state index in [0.29, 0.717) is 12.2 Å². The van der Waals surface area contributed by atoms with Crippen LogP contribution in [0.25, 0.3) is 11.0 Å². The average Bonchev–Trinajstić information content (AvgIpc) is 3.39. The topological polar surface area (TPSA) is 130 Å². The van der Waals surface area contributed by atoms with Crippen molar-refractivity contribution in [1.82, 2.24) is 30.1 Å². The van der Waals surface area contributed by atoms with Crippen molar-refractivity contribution >= 4 is 34.5 Å². The van der Waals surface area contributed by atoms with Gasteiger partial charge in [0.25, 0.3) is 0 Å². The number of nitrogens with one attached hydrogen (secondary N) is 4. The largest absolute Gasteiger partial charge is 0.394 e. The smallest absolute Gasteiger partial charge is 0.369 e. The zero-order valence-corrected chi connectivity index (χ0v) is 17.8. The zero-order chi connectivity index (χ0) is 24.0. The highest BCUT2D eigenvalue weighted by Crippen LogP contribution is 2.34. The fourth-order valence-electron chi connectivity index (χ4n) is 4.54. The first-order chi connectivity index (χ1) is 16.2. The molecule has 5 heterocycles. The van der Waals surface area contributed by atoms with Crippen molar-refractivity contribution in [3.8, 4) is 0 Å². The molecular formula is C21H21F3N8O2. The summed E-state index contributed by atoms with van der Waals surface area (Å²) in [6.07, 6.45) is -0.114. The van der Waals surface area contributed by atoms with Gasteiger partial charge in [-0.3, -0.25) is 15.0 Å². The van der Waals surface area contributed by atoms with Crippen LogP contribution in [0, 0.1) is 5.41 Å². The summed E-state index contributed by atoms with van der Waals surface area (Å²) >= 11 is 0. The Hall–Kier alpha value is -3.90. The Morgan fingerprint density at radius 1 is 1.29 bits per heavy atom. The summed E-state index contributed by atoms with van der Waals surface area (Å²) in [6, 6.07) is 1.21. The Bertz CT molecular complexity index is 1230. The lowest BCUT2D eigenvalue weighted by Gasteiger charge is -2.45. The maximum absolute atomic E-state index is 13.3. The highest BCUT2D eigenvalue weighted by atomic mass is 19.4. The second-order valence-electron chi connectivity index (χ2n) is 8.42. The summed E-state index contributed by atoms with van der Waals surface area (Å²) in [5, 5.41) is 14.0. The molecule has 3 aliphatic rings. The van der Waals surface area contributed by atoms with Crippen molar-refractivity contribution < 1.29 is 22.8 Å². The zero-order valence-electron chi connectivity index (χ0n) is 17.8. The Balaban J connectivity index is 1.33. The van der Waals surface area contributed by atoms with E-state index in [1.54, 1.807) is 29.4 Å². The molecular weight excluding hydrogens is 453 g/mol. The van der Waals surface area contributed by atoms with Gasteiger partial charge in [-0.2, -0.15) is 18.2 Å². The predicted molar refractivity (Wildman–Crippen MR) is 116 cm³/mol. The van der Waals surface area contributed by atoms with E-state index in [9.17, 15) is 22.8 Å². The van der Waals surface area contributed by atoms with Gasteiger partial charge in [0, 0.05) is 36.6 Å². The molecule has 5 rings (SSSR count). The normalized spacial score (nSPS) is 21.5. The van der Waals surface area contributed by atoms with Gasteiger partial charge in [-0.05, 0) is 24.6 Å². The van der Waals surface area contributed by atoms with Crippen molar-refractivity contribution in [3.63, 3.8) is 0 Å². The third-order valence-electron chi connectivity index (χ3n) is 6.03. The van der Waals surface area contributed by atoms with E-state index in [1.807, 2.05) is 0 Å². The number of fused-ring (bicyclic) bond motifs is 5. The van der Waals surface area contributed by atoms with Gasteiger partial charge in [0.05, 0.1) is 30.3 Å². The lowest BCUT2D eigenvalue weighted by molar-refractivity contribution is -0.122. The molecule has 0 saturated carbocycles. The molecule has 4 N–H and O–H groups in total. The molecule has 10 nitrogen and oxygen atoms in total. The number of H-pyrrole nitrogens is 1. The number of alkyl halides is 3. The second-order valence-corrected chi connectivity index (χ2v) is 8.42. The standard InChI is InChI=1S/C21H21F3N8O2/c22-21(23,24)8-12(25)7-16(33)14-1-2-15-18(28-14)32(13-4-6-31(15)10-13)20(34)30-19-27-9-11-3-5-26-17(11)29-19/h1-3,5,9,13,18,25,28H,4,6-8,10H2,(H2,26,27,29,30,34)/t13-,18?/m0/s1. The van der Waals surface area contributed by atoms with E-state index in [1.165, 1.54) is 6.08 Å². The number of halogens is 3. The number of piperazine rings is 1. The van der Waals surface area contributed by atoms with E-state index in [0.717, 1.165) is 24.0 Å². The predicted octanol–water partition coefficient (Wildman–Crippen LogP) is 2.51. The summed E-state index contributed by atoms with van der Waals surface area (Å²) in [5.74, 6) is -0.521. The monoisotopic (exact) mass is 474 g/mol. The number of Topliss-reactive ketones (excluding diaryl/α,β-unsaturated/α-hetero) is 1. The molecule has 1 unspecified atom stereocenters. The van der Waals surface area contributed by atoms with Crippen LogP contribution in [0.2, 0.25) is 0 Å². The summed E-state index contributed by atoms with van der Waals surface area (Å²) < 4.78 is 37.6. The molecule has 0 aliphatic carbocycles. The number of ketones is 1. The van der Waals surface area contributed by atoms with Crippen LogP contribution in [-0.2, 0) is 4.79 Å². The number of aromatic amines is 1. The van der Waals surface area contributed by atoms with E-state index >= 15 is 0 Å². The van der Waals surface area contributed by atoms with Crippen molar-refractivity contribution in [1.29, 1.82) is 5.41 Å². The molecule has 2 aromatic rings. The average molecular weight is 474 g/mol. The highest BCUT2D eigenvalue weighted by Gasteiger charge is 2.46. The number of allylic oxidation sites excluding steroid dienone is 3. The number of nitrogens with zero attached hydrogens (tertiary/aromatic N) is 4. The number of carbonyl (C=O) groups is 2. The summed E-state index contributed by atoms with van der Waals surface area (Å²) in [5.41, 5.74) is 0.704. The molecule has 2 atom stereocenters. The van der Waals surface area contributed by atoms with E-state index in [2.05, 4.69) is 30.5 Å². The molecule has 3 aliphatic heterocycles. The number of dihydropyridines is 1. The van der Waals surface area contributed by atoms with Crippen LogP contribution in [0.15, 0.2) is 42.0 Å². The summed E-state index contributed by atoms with van der Waals surface area (Å²) in [7, 11) is 0. The first kappa shape index (κ1) is 21.9. The van der Waals surface area contributed by atoms with Crippen LogP contribution in [0.5, 0.6) is 0 Å². The summed E-state index contributed by atoms with van der Waals surface area (Å²) in [4.78, 5) is 41.0. The van der Waals surface area contributed by atoms with Crippen LogP contribution in [0.1, 0.15) is 19.3 Å². The molecule has 34 heavy (non-hydrogen) atoms. The number of hydrogen-bond acceptors (Lipinski definition) is 7. The third kappa shape index (κ3) is 4.20. The highest BCUT2D eigenvalue weighted by molar-refractivity contribution is 6.08. The molecule has 0 radical (unpaired) electrons. The molecule has 2 bridgehead atoms. The fourth-order valence-corrected chi connectivity index (χ4v) is 4.54. The maximum Gasteiger partial charge on any atom is 0.394 e. The number of aromatic nitrogens is 3. The van der Waals surface area contributed by atoms with Crippen molar-refractivity contribution in [2.75, 3.05) is 18.4 Å². The molecule has 2 amide bonds.